The summed E-state index contributed by atoms with van der Waals surface area (Å²) >= 11 is 1.43. The molecule has 4 rings (SSSR count). The Morgan fingerprint density at radius 2 is 1.81 bits per heavy atom. The number of nitrogens with zero attached hydrogens (tertiary/aromatic N) is 7. The second-order valence-electron chi connectivity index (χ2n) is 8.36. The van der Waals surface area contributed by atoms with Gasteiger partial charge in [0.15, 0.2) is 16.3 Å². The third-order valence-electron chi connectivity index (χ3n) is 6.26. The van der Waals surface area contributed by atoms with Gasteiger partial charge in [0.05, 0.1) is 17.6 Å². The minimum Gasteiger partial charge on any atom is -0.492 e. The number of benzene rings is 1. The van der Waals surface area contributed by atoms with Crippen LogP contribution in [0.4, 0.5) is 5.13 Å². The molecule has 11 nitrogen and oxygen atoms in total. The Morgan fingerprint density at radius 1 is 1.08 bits per heavy atom. The molecule has 0 saturated heterocycles. The highest BCUT2D eigenvalue weighted by Crippen LogP contribution is 2.34. The number of likely N-dealkylation sites (N-methyl/N-ethyl adjacent to an activating group) is 1. The maximum atomic E-state index is 13.7. The molecule has 0 spiro atoms. The summed E-state index contributed by atoms with van der Waals surface area (Å²) in [5, 5.41) is 0.569. The third-order valence-corrected chi connectivity index (χ3v) is 7.30. The molecule has 0 radical (unpaired) electrons. The van der Waals surface area contributed by atoms with E-state index in [-0.39, 0.29) is 36.0 Å². The van der Waals surface area contributed by atoms with Gasteiger partial charge in [-0.2, -0.15) is 0 Å². The van der Waals surface area contributed by atoms with Crippen LogP contribution in [-0.2, 0) is 25.4 Å². The van der Waals surface area contributed by atoms with Crippen LogP contribution in [-0.4, -0.2) is 67.3 Å². The first-order valence-electron chi connectivity index (χ1n) is 12.0. The maximum Gasteiger partial charge on any atom is 0.332 e. The number of aryl methyl sites for hydroxylation is 1. The van der Waals surface area contributed by atoms with Crippen molar-refractivity contribution in [1.82, 2.24) is 28.6 Å². The molecule has 0 atom stereocenters. The van der Waals surface area contributed by atoms with Gasteiger partial charge in [-0.3, -0.25) is 23.6 Å². The standard InChI is InChI=1S/C24H31N7O4S.ClH/c1-6-29(7-2)12-13-31(23-26-19-16(35-8-3)10-9-11-17(19)36-23)18(32)14-30-15-25-21-20(30)22(33)28(5)24(34)27(21)4;/h9-11,15H,6-8,12-14H2,1-5H3;1H. The Kier molecular flexibility index (Phi) is 9.11. The predicted octanol–water partition coefficient (Wildman–Crippen LogP) is 2.24. The number of aromatic nitrogens is 5. The van der Waals surface area contributed by atoms with Gasteiger partial charge in [-0.1, -0.05) is 31.3 Å². The maximum absolute atomic E-state index is 13.7. The summed E-state index contributed by atoms with van der Waals surface area (Å²) in [6.07, 6.45) is 1.43. The SMILES string of the molecule is CCOc1cccc2sc(N(CCN(CC)CC)C(=O)Cn3cnc4c3c(=O)n(C)c(=O)n4C)nc12.Cl. The lowest BCUT2D eigenvalue weighted by molar-refractivity contribution is -0.119. The van der Waals surface area contributed by atoms with Crippen LogP contribution in [0.5, 0.6) is 5.75 Å². The Bertz CT molecular complexity index is 1520. The lowest BCUT2D eigenvalue weighted by Crippen LogP contribution is -2.41. The number of anilines is 1. The second kappa shape index (κ2) is 11.9. The number of hydrogen-bond donors (Lipinski definition) is 0. The highest BCUT2D eigenvalue weighted by Gasteiger charge is 2.24. The van der Waals surface area contributed by atoms with E-state index in [0.717, 1.165) is 27.9 Å². The van der Waals surface area contributed by atoms with Crippen LogP contribution in [0.25, 0.3) is 21.4 Å². The highest BCUT2D eigenvalue weighted by atomic mass is 35.5. The van der Waals surface area contributed by atoms with E-state index in [4.69, 9.17) is 9.72 Å². The summed E-state index contributed by atoms with van der Waals surface area (Å²) in [6, 6.07) is 5.74. The van der Waals surface area contributed by atoms with Gasteiger partial charge in [-0.05, 0) is 32.1 Å². The lowest BCUT2D eigenvalue weighted by Gasteiger charge is -2.25. The molecule has 0 saturated carbocycles. The van der Waals surface area contributed by atoms with Gasteiger partial charge in [0, 0.05) is 27.2 Å². The van der Waals surface area contributed by atoms with Crippen LogP contribution in [0.2, 0.25) is 0 Å². The summed E-state index contributed by atoms with van der Waals surface area (Å²) < 4.78 is 10.5. The number of amides is 1. The zero-order chi connectivity index (χ0) is 26.0. The normalized spacial score (nSPS) is 11.3. The molecule has 1 aromatic carbocycles. The first-order chi connectivity index (χ1) is 17.3. The summed E-state index contributed by atoms with van der Waals surface area (Å²) in [5.74, 6) is 0.452. The summed E-state index contributed by atoms with van der Waals surface area (Å²) in [4.78, 5) is 51.7. The summed E-state index contributed by atoms with van der Waals surface area (Å²) in [7, 11) is 2.97. The molecule has 3 heterocycles. The van der Waals surface area contributed by atoms with Crippen molar-refractivity contribution < 1.29 is 9.53 Å². The largest absolute Gasteiger partial charge is 0.492 e. The summed E-state index contributed by atoms with van der Waals surface area (Å²) in [5.41, 5.74) is 0.211. The molecule has 1 amide bonds. The molecule has 0 aliphatic rings. The fraction of sp³-hybridized carbons (Fsp3) is 0.458. The fourth-order valence-corrected chi connectivity index (χ4v) is 5.18. The molecule has 13 heteroatoms. The Morgan fingerprint density at radius 3 is 2.49 bits per heavy atom. The van der Waals surface area contributed by atoms with Gasteiger partial charge in [0.2, 0.25) is 5.91 Å². The van der Waals surface area contributed by atoms with Gasteiger partial charge in [0.25, 0.3) is 5.56 Å². The Hall–Kier alpha value is -3.22. The van der Waals surface area contributed by atoms with E-state index in [1.54, 1.807) is 11.9 Å². The molecule has 0 N–H and O–H groups in total. The number of hydrogen-bond acceptors (Lipinski definition) is 8. The highest BCUT2D eigenvalue weighted by molar-refractivity contribution is 7.22. The number of halogens is 1. The van der Waals surface area contributed by atoms with Crippen molar-refractivity contribution in [1.29, 1.82) is 0 Å². The van der Waals surface area contributed by atoms with E-state index in [9.17, 15) is 14.4 Å². The molecular formula is C24H32ClN7O4S. The molecular weight excluding hydrogens is 518 g/mol. The number of fused-ring (bicyclic) bond motifs is 2. The minimum absolute atomic E-state index is 0. The number of para-hydroxylation sites is 1. The molecule has 4 aromatic rings. The van der Waals surface area contributed by atoms with Crippen molar-refractivity contribution in [3.8, 4) is 5.75 Å². The van der Waals surface area contributed by atoms with Gasteiger partial charge >= 0.3 is 5.69 Å². The van der Waals surface area contributed by atoms with Gasteiger partial charge < -0.3 is 14.2 Å². The van der Waals surface area contributed by atoms with Crippen LogP contribution in [0, 0.1) is 0 Å². The van der Waals surface area contributed by atoms with Crippen molar-refractivity contribution in [2.75, 3.05) is 37.7 Å². The average Bonchev–Trinajstić information content (AvgIpc) is 3.49. The van der Waals surface area contributed by atoms with Crippen LogP contribution in [0.15, 0.2) is 34.1 Å². The number of carbonyl (C=O) groups is 1. The van der Waals surface area contributed by atoms with Crippen molar-refractivity contribution in [3.63, 3.8) is 0 Å². The third kappa shape index (κ3) is 5.41. The van der Waals surface area contributed by atoms with E-state index in [2.05, 4.69) is 23.7 Å². The van der Waals surface area contributed by atoms with Crippen molar-refractivity contribution in [2.45, 2.75) is 27.3 Å². The van der Waals surface area contributed by atoms with Crippen LogP contribution in [0.3, 0.4) is 0 Å². The van der Waals surface area contributed by atoms with E-state index >= 15 is 0 Å². The molecule has 0 fully saturated rings. The van der Waals surface area contributed by atoms with Crippen LogP contribution in [0.1, 0.15) is 20.8 Å². The topological polar surface area (TPSA) is 107 Å². The zero-order valence-electron chi connectivity index (χ0n) is 21.6. The first kappa shape index (κ1) is 28.4. The second-order valence-corrected chi connectivity index (χ2v) is 9.36. The van der Waals surface area contributed by atoms with Crippen LogP contribution < -0.4 is 20.9 Å². The van der Waals surface area contributed by atoms with Crippen molar-refractivity contribution >= 4 is 56.2 Å². The van der Waals surface area contributed by atoms with E-state index in [1.165, 1.54) is 33.8 Å². The van der Waals surface area contributed by atoms with E-state index in [0.29, 0.717) is 30.6 Å². The number of imidazole rings is 1. The quantitative estimate of drug-likeness (QED) is 0.298. The fourth-order valence-electron chi connectivity index (χ4n) is 4.16. The zero-order valence-corrected chi connectivity index (χ0v) is 23.3. The molecule has 0 bridgehead atoms. The first-order valence-corrected chi connectivity index (χ1v) is 12.8. The lowest BCUT2D eigenvalue weighted by atomic mass is 10.3. The van der Waals surface area contributed by atoms with Gasteiger partial charge in [-0.25, -0.2) is 14.8 Å². The van der Waals surface area contributed by atoms with Gasteiger partial charge in [0.1, 0.15) is 17.8 Å². The van der Waals surface area contributed by atoms with E-state index in [1.807, 2.05) is 25.1 Å². The molecule has 0 unspecified atom stereocenters. The van der Waals surface area contributed by atoms with Crippen molar-refractivity contribution in [2.24, 2.45) is 14.1 Å². The van der Waals surface area contributed by atoms with Crippen molar-refractivity contribution in [3.05, 3.63) is 45.4 Å². The van der Waals surface area contributed by atoms with Crippen LogP contribution >= 0.6 is 23.7 Å². The number of rotatable bonds is 10. The van der Waals surface area contributed by atoms with E-state index < -0.39 is 11.2 Å². The molecule has 0 aliphatic heterocycles. The minimum atomic E-state index is -0.491. The monoisotopic (exact) mass is 549 g/mol. The smallest absolute Gasteiger partial charge is 0.332 e. The molecule has 3 aromatic heterocycles. The predicted molar refractivity (Wildman–Crippen MR) is 148 cm³/mol. The number of carbonyl (C=O) groups excluding carboxylic acids is 1. The number of ether oxygens (including phenoxy) is 1. The summed E-state index contributed by atoms with van der Waals surface area (Å²) in [6.45, 7) is 9.33. The Balaban J connectivity index is 0.00000380. The molecule has 200 valence electrons. The molecule has 0 aliphatic carbocycles. The average molecular weight is 550 g/mol. The molecule has 37 heavy (non-hydrogen) atoms. The Labute approximate surface area is 224 Å². The van der Waals surface area contributed by atoms with Gasteiger partial charge in [-0.15, -0.1) is 12.4 Å². The number of thiazole rings is 1.